The van der Waals surface area contributed by atoms with Gasteiger partial charge in [0.15, 0.2) is 6.29 Å². The summed E-state index contributed by atoms with van der Waals surface area (Å²) in [5.74, 6) is 0.228. The number of hydrogen-bond acceptors (Lipinski definition) is 6. The van der Waals surface area contributed by atoms with Crippen molar-refractivity contribution in [3.8, 4) is 5.75 Å². The zero-order valence-corrected chi connectivity index (χ0v) is 18.1. The lowest BCUT2D eigenvalue weighted by atomic mass is 9.89. The molecule has 6 nitrogen and oxygen atoms in total. The van der Waals surface area contributed by atoms with Crippen molar-refractivity contribution in [3.63, 3.8) is 0 Å². The van der Waals surface area contributed by atoms with Crippen LogP contribution in [-0.4, -0.2) is 58.7 Å². The van der Waals surface area contributed by atoms with Crippen molar-refractivity contribution < 1.29 is 29.9 Å². The number of ether oxygens (including phenoxy) is 2. The summed E-state index contributed by atoms with van der Waals surface area (Å²) in [4.78, 5) is 0. The molecule has 0 aliphatic heterocycles. The molecule has 2 rings (SSSR count). The van der Waals surface area contributed by atoms with Gasteiger partial charge in [0.05, 0.1) is 12.2 Å². The van der Waals surface area contributed by atoms with E-state index < -0.39 is 24.6 Å². The van der Waals surface area contributed by atoms with Crippen LogP contribution in [0, 0.1) is 11.8 Å². The summed E-state index contributed by atoms with van der Waals surface area (Å²) in [6.45, 7) is 0.0695. The highest BCUT2D eigenvalue weighted by molar-refractivity contribution is 6.30. The van der Waals surface area contributed by atoms with Crippen LogP contribution in [-0.2, 0) is 4.74 Å². The predicted molar refractivity (Wildman–Crippen MR) is 116 cm³/mol. The van der Waals surface area contributed by atoms with Crippen LogP contribution < -0.4 is 4.74 Å². The topological polar surface area (TPSA) is 99.4 Å². The fourth-order valence-electron chi connectivity index (χ4n) is 3.66. The molecule has 0 radical (unpaired) electrons. The molecule has 0 amide bonds. The van der Waals surface area contributed by atoms with Crippen LogP contribution in [0.3, 0.4) is 0 Å². The predicted octanol–water partition coefficient (Wildman–Crippen LogP) is 3.08. The van der Waals surface area contributed by atoms with Crippen LogP contribution in [0.1, 0.15) is 32.1 Å². The summed E-state index contributed by atoms with van der Waals surface area (Å²) in [7, 11) is 1.47. The van der Waals surface area contributed by atoms with E-state index >= 15 is 0 Å². The number of rotatable bonds is 12. The second-order valence-corrected chi connectivity index (χ2v) is 8.10. The summed E-state index contributed by atoms with van der Waals surface area (Å²) in [6, 6.07) is 6.95. The molecule has 1 aromatic carbocycles. The van der Waals surface area contributed by atoms with Crippen molar-refractivity contribution in [1.29, 1.82) is 0 Å². The van der Waals surface area contributed by atoms with E-state index in [1.807, 2.05) is 12.2 Å². The average Bonchev–Trinajstić information content (AvgIpc) is 2.99. The van der Waals surface area contributed by atoms with Crippen LogP contribution in [0.2, 0.25) is 5.02 Å². The zero-order chi connectivity index (χ0) is 21.9. The van der Waals surface area contributed by atoms with Gasteiger partial charge in [-0.2, -0.15) is 0 Å². The molecule has 30 heavy (non-hydrogen) atoms. The van der Waals surface area contributed by atoms with Crippen LogP contribution in [0.4, 0.5) is 0 Å². The molecule has 0 heterocycles. The Bertz CT molecular complexity index is 679. The van der Waals surface area contributed by atoms with E-state index in [0.29, 0.717) is 30.0 Å². The monoisotopic (exact) mass is 440 g/mol. The maximum atomic E-state index is 10.3. The molecule has 168 valence electrons. The van der Waals surface area contributed by atoms with E-state index in [0.717, 1.165) is 12.8 Å². The Labute approximate surface area is 183 Å². The summed E-state index contributed by atoms with van der Waals surface area (Å²) in [6.07, 6.45) is 7.77. The van der Waals surface area contributed by atoms with Crippen LogP contribution in [0.15, 0.2) is 48.6 Å². The van der Waals surface area contributed by atoms with E-state index in [1.54, 1.807) is 36.4 Å². The summed E-state index contributed by atoms with van der Waals surface area (Å²) in [5, 5.41) is 40.7. The lowest BCUT2D eigenvalue weighted by Gasteiger charge is -2.19. The molecule has 1 aliphatic rings. The van der Waals surface area contributed by atoms with Gasteiger partial charge in [-0.3, -0.25) is 0 Å². The maximum Gasteiger partial charge on any atom is 0.154 e. The van der Waals surface area contributed by atoms with E-state index in [9.17, 15) is 20.4 Å². The van der Waals surface area contributed by atoms with Crippen molar-refractivity contribution >= 4 is 11.6 Å². The Morgan fingerprint density at radius 2 is 2.00 bits per heavy atom. The summed E-state index contributed by atoms with van der Waals surface area (Å²) in [5.41, 5.74) is 0. The number of aliphatic hydroxyl groups is 4. The number of halogens is 1. The van der Waals surface area contributed by atoms with Crippen LogP contribution >= 0.6 is 11.6 Å². The van der Waals surface area contributed by atoms with Crippen molar-refractivity contribution in [2.24, 2.45) is 11.8 Å². The Morgan fingerprint density at radius 1 is 1.20 bits per heavy atom. The summed E-state index contributed by atoms with van der Waals surface area (Å²) < 4.78 is 10.3. The second kappa shape index (κ2) is 13.1. The standard InChI is InChI=1S/C23H33ClO6/c1-29-23(28)10-5-3-2-4-9-19-20(22(27)14-21(19)26)12-11-17(25)15-30-18-8-6-7-16(24)13-18/h2,4,6-8,11-13,17,19-23,25-28H,3,5,9-10,14-15H2,1H3. The zero-order valence-electron chi connectivity index (χ0n) is 17.3. The molecule has 1 aliphatic carbocycles. The molecule has 1 aromatic rings. The molecular formula is C23H33ClO6. The van der Waals surface area contributed by atoms with Gasteiger partial charge in [-0.25, -0.2) is 0 Å². The number of unbranched alkanes of at least 4 members (excludes halogenated alkanes) is 1. The van der Waals surface area contributed by atoms with Gasteiger partial charge >= 0.3 is 0 Å². The Kier molecular flexibility index (Phi) is 10.9. The normalized spacial score (nSPS) is 26.5. The van der Waals surface area contributed by atoms with E-state index in [2.05, 4.69) is 0 Å². The quantitative estimate of drug-likeness (QED) is 0.226. The molecular weight excluding hydrogens is 408 g/mol. The first-order chi connectivity index (χ1) is 14.4. The third-order valence-electron chi connectivity index (χ3n) is 5.36. The SMILES string of the molecule is COC(O)CCCC=CCC1C(O)CC(O)C1C=CC(O)COc1cccc(Cl)c1. The lowest BCUT2D eigenvalue weighted by Crippen LogP contribution is -2.21. The van der Waals surface area contributed by atoms with Crippen molar-refractivity contribution in [1.82, 2.24) is 0 Å². The highest BCUT2D eigenvalue weighted by Gasteiger charge is 2.39. The minimum absolute atomic E-state index is 0.0695. The number of hydrogen-bond donors (Lipinski definition) is 4. The van der Waals surface area contributed by atoms with Gasteiger partial charge < -0.3 is 29.9 Å². The Balaban J connectivity index is 1.81. The van der Waals surface area contributed by atoms with Gasteiger partial charge in [0.25, 0.3) is 0 Å². The van der Waals surface area contributed by atoms with Crippen LogP contribution in [0.25, 0.3) is 0 Å². The lowest BCUT2D eigenvalue weighted by molar-refractivity contribution is -0.0788. The number of methoxy groups -OCH3 is 1. The van der Waals surface area contributed by atoms with E-state index in [-0.39, 0.29) is 18.4 Å². The molecule has 0 spiro atoms. The van der Waals surface area contributed by atoms with Gasteiger partial charge in [0, 0.05) is 24.5 Å². The first-order valence-corrected chi connectivity index (χ1v) is 10.7. The molecule has 1 fully saturated rings. The van der Waals surface area contributed by atoms with Crippen molar-refractivity contribution in [2.45, 2.75) is 56.7 Å². The van der Waals surface area contributed by atoms with Gasteiger partial charge in [-0.05, 0) is 49.8 Å². The molecule has 4 N–H and O–H groups in total. The first kappa shape index (κ1) is 24.9. The minimum Gasteiger partial charge on any atom is -0.491 e. The molecule has 6 atom stereocenters. The summed E-state index contributed by atoms with van der Waals surface area (Å²) >= 11 is 5.91. The number of aliphatic hydroxyl groups excluding tert-OH is 4. The molecule has 0 aromatic heterocycles. The van der Waals surface area contributed by atoms with E-state index in [1.165, 1.54) is 7.11 Å². The fourth-order valence-corrected chi connectivity index (χ4v) is 3.84. The minimum atomic E-state index is -0.836. The molecule has 6 unspecified atom stereocenters. The molecule has 7 heteroatoms. The first-order valence-electron chi connectivity index (χ1n) is 10.4. The molecule has 0 saturated heterocycles. The number of benzene rings is 1. The third-order valence-corrected chi connectivity index (χ3v) is 5.59. The second-order valence-electron chi connectivity index (χ2n) is 7.66. The van der Waals surface area contributed by atoms with Gasteiger partial charge in [0.1, 0.15) is 18.5 Å². The highest BCUT2D eigenvalue weighted by Crippen LogP contribution is 2.36. The third kappa shape index (κ3) is 8.38. The van der Waals surface area contributed by atoms with Crippen LogP contribution in [0.5, 0.6) is 5.75 Å². The Hall–Kier alpha value is -1.41. The van der Waals surface area contributed by atoms with Gasteiger partial charge in [0.2, 0.25) is 0 Å². The molecule has 0 bridgehead atoms. The van der Waals surface area contributed by atoms with Crippen molar-refractivity contribution in [2.75, 3.05) is 13.7 Å². The van der Waals surface area contributed by atoms with E-state index in [4.69, 9.17) is 21.1 Å². The maximum absolute atomic E-state index is 10.3. The fraction of sp³-hybridized carbons (Fsp3) is 0.565. The Morgan fingerprint density at radius 3 is 2.73 bits per heavy atom. The van der Waals surface area contributed by atoms with Gasteiger partial charge in [-0.1, -0.05) is 42.0 Å². The van der Waals surface area contributed by atoms with Gasteiger partial charge in [-0.15, -0.1) is 0 Å². The highest BCUT2D eigenvalue weighted by atomic mass is 35.5. The largest absolute Gasteiger partial charge is 0.491 e. The average molecular weight is 441 g/mol. The smallest absolute Gasteiger partial charge is 0.154 e. The molecule has 1 saturated carbocycles. The number of allylic oxidation sites excluding steroid dienone is 2. The van der Waals surface area contributed by atoms with Crippen molar-refractivity contribution in [3.05, 3.63) is 53.6 Å².